The highest BCUT2D eigenvalue weighted by molar-refractivity contribution is 5.87. The maximum atomic E-state index is 14.3. The van der Waals surface area contributed by atoms with Crippen LogP contribution in [0.25, 0.3) is 6.08 Å². The number of fused-ring (bicyclic) bond motifs is 5. The average Bonchev–Trinajstić information content (AvgIpc) is 3.59. The minimum Gasteiger partial charge on any atom is -0.454 e. The van der Waals surface area contributed by atoms with E-state index < -0.39 is 135 Å². The molecule has 3 saturated heterocycles. The summed E-state index contributed by atoms with van der Waals surface area (Å²) in [7, 11) is 0. The van der Waals surface area contributed by atoms with E-state index in [-0.39, 0.29) is 47.4 Å². The summed E-state index contributed by atoms with van der Waals surface area (Å²) in [4.78, 5) is 40.4. The van der Waals surface area contributed by atoms with Crippen LogP contribution in [0.3, 0.4) is 0 Å². The summed E-state index contributed by atoms with van der Waals surface area (Å²) in [6.45, 7) is 9.91. The van der Waals surface area contributed by atoms with E-state index in [0.717, 1.165) is 25.8 Å². The Labute approximate surface area is 426 Å². The Morgan fingerprint density at radius 3 is 2.18 bits per heavy atom. The van der Waals surface area contributed by atoms with Gasteiger partial charge in [-0.2, -0.15) is 0 Å². The topological polar surface area (TPSA) is 287 Å². The van der Waals surface area contributed by atoms with E-state index >= 15 is 0 Å². The number of Topliss-reactive ketones (excluding diaryl/α,β-unsaturated/α-hetero) is 1. The van der Waals surface area contributed by atoms with Crippen LogP contribution < -0.4 is 0 Å². The van der Waals surface area contributed by atoms with Crippen molar-refractivity contribution in [3.63, 3.8) is 0 Å². The van der Waals surface area contributed by atoms with Gasteiger partial charge < -0.3 is 78.7 Å². The lowest BCUT2D eigenvalue weighted by Crippen LogP contribution is -2.64. The molecule has 0 spiro atoms. The first-order valence-corrected chi connectivity index (χ1v) is 26.2. The van der Waals surface area contributed by atoms with Gasteiger partial charge in [0.05, 0.1) is 32.0 Å². The van der Waals surface area contributed by atoms with Crippen molar-refractivity contribution in [1.82, 2.24) is 0 Å². The fourth-order valence-corrected chi connectivity index (χ4v) is 13.6. The second kappa shape index (κ2) is 22.8. The van der Waals surface area contributed by atoms with Gasteiger partial charge in [0.2, 0.25) is 0 Å². The Kier molecular flexibility index (Phi) is 17.4. The zero-order chi connectivity index (χ0) is 52.7. The Hall–Kier alpha value is -3.25. The van der Waals surface area contributed by atoms with E-state index in [1.54, 1.807) is 31.2 Å². The van der Waals surface area contributed by atoms with Crippen molar-refractivity contribution >= 4 is 23.8 Å². The van der Waals surface area contributed by atoms with Gasteiger partial charge in [0, 0.05) is 30.8 Å². The number of aliphatic hydroxyl groups is 8. The summed E-state index contributed by atoms with van der Waals surface area (Å²) >= 11 is 0. The molecule has 7 aliphatic rings. The van der Waals surface area contributed by atoms with Gasteiger partial charge in [0.1, 0.15) is 60.2 Å². The van der Waals surface area contributed by atoms with Gasteiger partial charge in [-0.15, -0.1) is 0 Å². The number of carbonyl (C=O) groups is 3. The van der Waals surface area contributed by atoms with E-state index in [4.69, 9.17) is 37.9 Å². The van der Waals surface area contributed by atoms with Crippen molar-refractivity contribution in [2.45, 2.75) is 197 Å². The van der Waals surface area contributed by atoms with Gasteiger partial charge >= 0.3 is 11.9 Å². The maximum absolute atomic E-state index is 14.3. The van der Waals surface area contributed by atoms with Crippen molar-refractivity contribution in [1.29, 1.82) is 0 Å². The molecule has 3 heterocycles. The van der Waals surface area contributed by atoms with Crippen molar-refractivity contribution in [3.8, 4) is 0 Å². The van der Waals surface area contributed by atoms with E-state index in [1.807, 2.05) is 26.8 Å². The summed E-state index contributed by atoms with van der Waals surface area (Å²) < 4.78 is 48.5. The Morgan fingerprint density at radius 1 is 0.795 bits per heavy atom. The summed E-state index contributed by atoms with van der Waals surface area (Å²) in [6, 6.07) is 8.94. The van der Waals surface area contributed by atoms with Gasteiger partial charge in [-0.3, -0.25) is 9.59 Å². The third kappa shape index (κ3) is 11.0. The molecule has 19 heteroatoms. The predicted octanol–water partition coefficient (Wildman–Crippen LogP) is 2.24. The molecule has 8 N–H and O–H groups in total. The van der Waals surface area contributed by atoms with E-state index in [0.29, 0.717) is 44.1 Å². The normalized spacial score (nSPS) is 44.1. The summed E-state index contributed by atoms with van der Waals surface area (Å²) in [6.07, 6.45) is -10.7. The molecule has 0 amide bonds. The zero-order valence-electron chi connectivity index (χ0n) is 42.7. The van der Waals surface area contributed by atoms with E-state index in [9.17, 15) is 55.2 Å². The first-order chi connectivity index (χ1) is 34.6. The minimum absolute atomic E-state index is 0.0513. The van der Waals surface area contributed by atoms with E-state index in [1.165, 1.54) is 11.6 Å². The maximum Gasteiger partial charge on any atom is 0.331 e. The number of allylic oxidation sites excluding steroid dienone is 1. The quantitative estimate of drug-likeness (QED) is 0.0669. The molecule has 3 aliphatic heterocycles. The van der Waals surface area contributed by atoms with Gasteiger partial charge in [-0.05, 0) is 92.1 Å². The first-order valence-electron chi connectivity index (χ1n) is 26.2. The average molecular weight is 1030 g/mol. The van der Waals surface area contributed by atoms with Crippen molar-refractivity contribution in [2.75, 3.05) is 19.8 Å². The van der Waals surface area contributed by atoms with Crippen LogP contribution in [0.5, 0.6) is 0 Å². The largest absolute Gasteiger partial charge is 0.454 e. The fraction of sp³-hybridized carbons (Fsp3) is 0.759. The summed E-state index contributed by atoms with van der Waals surface area (Å²) in [5.41, 5.74) is -0.971. The highest BCUT2D eigenvalue weighted by Crippen LogP contribution is 2.69. The molecule has 1 unspecified atom stereocenters. The molecule has 0 radical (unpaired) electrons. The Bertz CT molecular complexity index is 2140. The third-order valence-electron chi connectivity index (χ3n) is 17.8. The molecular weight excluding hydrogens is 953 g/mol. The molecule has 8 rings (SSSR count). The zero-order valence-corrected chi connectivity index (χ0v) is 42.7. The number of hydrogen-bond acceptors (Lipinski definition) is 19. The molecule has 0 bridgehead atoms. The number of aliphatic hydroxyl groups excluding tert-OH is 7. The Morgan fingerprint density at radius 2 is 1.49 bits per heavy atom. The van der Waals surface area contributed by atoms with Crippen LogP contribution in [-0.4, -0.2) is 176 Å². The van der Waals surface area contributed by atoms with Gasteiger partial charge in [-0.25, -0.2) is 4.79 Å². The van der Waals surface area contributed by atoms with Gasteiger partial charge in [0.15, 0.2) is 31.1 Å². The molecule has 1 aromatic rings. The molecule has 3 saturated carbocycles. The fourth-order valence-electron chi connectivity index (χ4n) is 13.6. The molecule has 22 atom stereocenters. The highest BCUT2D eigenvalue weighted by Gasteiger charge is 2.71. The molecule has 6 fully saturated rings. The number of ether oxygens (including phenoxy) is 8. The first kappa shape index (κ1) is 56.0. The second-order valence-electron chi connectivity index (χ2n) is 22.6. The van der Waals surface area contributed by atoms with Gasteiger partial charge in [0.25, 0.3) is 0 Å². The number of esters is 2. The Balaban J connectivity index is 1.05. The molecule has 0 aromatic heterocycles. The summed E-state index contributed by atoms with van der Waals surface area (Å²) in [5.74, 6) is -2.39. The van der Waals surface area contributed by atoms with Crippen molar-refractivity contribution < 1.29 is 93.1 Å². The van der Waals surface area contributed by atoms with Crippen LogP contribution in [0.15, 0.2) is 48.1 Å². The lowest BCUT2D eigenvalue weighted by atomic mass is 9.46. The smallest absolute Gasteiger partial charge is 0.331 e. The molecular formula is C54H78O19. The van der Waals surface area contributed by atoms with Crippen LogP contribution >= 0.6 is 0 Å². The highest BCUT2D eigenvalue weighted by atomic mass is 16.8. The minimum atomic E-state index is -1.76. The standard InChI is InChI=1S/C54H78O19/c1-27(2)12-16-36(57)28(3)54(65)40(23-35-33-15-14-31-22-32(18-20-52(31,5)34(33)19-21-53(35,54)6)69-49-45(64)44(63)43(62)39(24-55)70-49)71-51-48(68-29(4)56)46(38(59)26-67-51)73-50-47(42(61)37(58)25-66-50)72-41(60)17-13-30-10-8-7-9-11-30/h7-11,13-14,17,27-28,32-35,37-40,42-51,55,58-59,61-65H,12,15-16,18-26H2,1-6H3/b17-13+/t28-,32-,33+,34-,35-,37+,38-,39+,40-,42-,43+,44-,45?,46-,47+,48+,49+,50-,51-,52-,53-,54+/m0/s1. The number of ketones is 1. The monoisotopic (exact) mass is 1030 g/mol. The third-order valence-corrected chi connectivity index (χ3v) is 17.8. The molecule has 1 aromatic carbocycles. The van der Waals surface area contributed by atoms with Crippen LogP contribution in [0.1, 0.15) is 105 Å². The lowest BCUT2D eigenvalue weighted by molar-refractivity contribution is -0.346. The SMILES string of the molecule is CC(=O)O[C@H]1[C@H](O[C@H]2C[C@H]3[C@@H]4CC=C5C[C@@H](O[C@@H]6O[C@H](CO)[C@@H](O)[C@H](O)C6O)CC[C@]5(C)[C@H]4CC[C@]3(C)[C@@]2(O)[C@@H](C)C(=O)CCC(C)C)OC[C@H](O)[C@@H]1O[C@@H]1OC[C@@H](O)[C@H](O)[C@H]1OC(=O)/C=C/c1ccccc1. The van der Waals surface area contributed by atoms with Crippen molar-refractivity contribution in [2.24, 2.45) is 40.4 Å². The molecule has 4 aliphatic carbocycles. The summed E-state index contributed by atoms with van der Waals surface area (Å²) in [5, 5.41) is 88.0. The van der Waals surface area contributed by atoms with Crippen LogP contribution in [-0.2, 0) is 52.3 Å². The molecule has 19 nitrogen and oxygen atoms in total. The van der Waals surface area contributed by atoms with Crippen molar-refractivity contribution in [3.05, 3.63) is 53.6 Å². The lowest BCUT2D eigenvalue weighted by Gasteiger charge is -2.59. The van der Waals surface area contributed by atoms with Gasteiger partial charge in [-0.1, -0.05) is 76.6 Å². The predicted molar refractivity (Wildman–Crippen MR) is 257 cm³/mol. The van der Waals surface area contributed by atoms with Crippen LogP contribution in [0, 0.1) is 40.4 Å². The van der Waals surface area contributed by atoms with Crippen LogP contribution in [0.4, 0.5) is 0 Å². The number of rotatable bonds is 16. The van der Waals surface area contributed by atoms with E-state index in [2.05, 4.69) is 13.0 Å². The van der Waals surface area contributed by atoms with Crippen LogP contribution in [0.2, 0.25) is 0 Å². The second-order valence-corrected chi connectivity index (χ2v) is 22.6. The molecule has 73 heavy (non-hydrogen) atoms. The number of benzene rings is 1. The molecule has 408 valence electrons. The number of carbonyl (C=O) groups excluding carboxylic acids is 3. The number of hydrogen-bond donors (Lipinski definition) is 8.